The van der Waals surface area contributed by atoms with Crippen molar-refractivity contribution in [2.75, 3.05) is 0 Å². The predicted molar refractivity (Wildman–Crippen MR) is 91.0 cm³/mol. The van der Waals surface area contributed by atoms with Crippen molar-refractivity contribution in [3.05, 3.63) is 63.6 Å². The molecule has 1 aliphatic rings. The molecule has 2 aromatic rings. The molecule has 1 atom stereocenters. The van der Waals surface area contributed by atoms with E-state index in [0.29, 0.717) is 27.7 Å². The number of hydrazone groups is 1. The van der Waals surface area contributed by atoms with Gasteiger partial charge in [-0.05, 0) is 23.8 Å². The van der Waals surface area contributed by atoms with E-state index in [4.69, 9.17) is 23.2 Å². The fourth-order valence-electron chi connectivity index (χ4n) is 2.68. The van der Waals surface area contributed by atoms with Crippen LogP contribution >= 0.6 is 23.2 Å². The Kier molecular flexibility index (Phi) is 4.28. The Hall–Kier alpha value is -2.04. The molecule has 0 spiro atoms. The summed E-state index contributed by atoms with van der Waals surface area (Å²) >= 11 is 12.3. The molecule has 6 heteroatoms. The second kappa shape index (κ2) is 6.22. The van der Waals surface area contributed by atoms with Gasteiger partial charge in [-0.3, -0.25) is 4.79 Å². The number of nitrogens with zero attached hydrogens (tertiary/aromatic N) is 2. The molecule has 0 aromatic heterocycles. The van der Waals surface area contributed by atoms with Crippen molar-refractivity contribution in [1.82, 2.24) is 5.01 Å². The molecule has 1 unspecified atom stereocenters. The minimum absolute atomic E-state index is 0.153. The molecule has 0 radical (unpaired) electrons. The first-order valence-electron chi connectivity index (χ1n) is 7.08. The Morgan fingerprint density at radius 3 is 2.70 bits per heavy atom. The third-order valence-electron chi connectivity index (χ3n) is 3.75. The average molecular weight is 349 g/mol. The summed E-state index contributed by atoms with van der Waals surface area (Å²) in [6.45, 7) is 1.46. The van der Waals surface area contributed by atoms with Gasteiger partial charge in [-0.1, -0.05) is 47.5 Å². The molecule has 1 N–H and O–H groups in total. The van der Waals surface area contributed by atoms with Crippen LogP contribution in [-0.4, -0.2) is 21.7 Å². The first-order chi connectivity index (χ1) is 11.0. The molecule has 3 rings (SSSR count). The lowest BCUT2D eigenvalue weighted by atomic mass is 9.98. The van der Waals surface area contributed by atoms with Crippen molar-refractivity contribution in [3.8, 4) is 5.75 Å². The van der Waals surface area contributed by atoms with E-state index in [9.17, 15) is 9.90 Å². The zero-order valence-electron chi connectivity index (χ0n) is 12.3. The van der Waals surface area contributed by atoms with Gasteiger partial charge in [-0.15, -0.1) is 0 Å². The summed E-state index contributed by atoms with van der Waals surface area (Å²) in [5.74, 6) is -0.0215. The van der Waals surface area contributed by atoms with Gasteiger partial charge in [0.1, 0.15) is 5.75 Å². The van der Waals surface area contributed by atoms with Crippen LogP contribution in [0.2, 0.25) is 10.0 Å². The maximum Gasteiger partial charge on any atom is 0.240 e. The van der Waals surface area contributed by atoms with Crippen LogP contribution in [0, 0.1) is 0 Å². The summed E-state index contributed by atoms with van der Waals surface area (Å²) < 4.78 is 0. The second-order valence-corrected chi connectivity index (χ2v) is 6.11. The van der Waals surface area contributed by atoms with Gasteiger partial charge in [-0.2, -0.15) is 5.10 Å². The maximum atomic E-state index is 11.9. The smallest absolute Gasteiger partial charge is 0.240 e. The highest BCUT2D eigenvalue weighted by Crippen LogP contribution is 2.36. The Labute approximate surface area is 143 Å². The average Bonchev–Trinajstić information content (AvgIpc) is 2.95. The van der Waals surface area contributed by atoms with Gasteiger partial charge in [-0.25, -0.2) is 5.01 Å². The molecule has 2 aromatic carbocycles. The van der Waals surface area contributed by atoms with Crippen LogP contribution < -0.4 is 0 Å². The van der Waals surface area contributed by atoms with E-state index in [2.05, 4.69) is 5.10 Å². The minimum atomic E-state index is -0.273. The van der Waals surface area contributed by atoms with Crippen LogP contribution in [-0.2, 0) is 4.79 Å². The third-order valence-corrected chi connectivity index (χ3v) is 4.57. The van der Waals surface area contributed by atoms with Gasteiger partial charge in [0.15, 0.2) is 0 Å². The number of rotatable bonds is 2. The number of phenols is 1. The summed E-state index contributed by atoms with van der Waals surface area (Å²) in [4.78, 5) is 11.9. The van der Waals surface area contributed by atoms with Gasteiger partial charge in [0, 0.05) is 18.9 Å². The van der Waals surface area contributed by atoms with Crippen molar-refractivity contribution in [2.24, 2.45) is 5.10 Å². The number of carbonyl (C=O) groups is 1. The van der Waals surface area contributed by atoms with Crippen LogP contribution in [0.25, 0.3) is 0 Å². The molecule has 118 valence electrons. The lowest BCUT2D eigenvalue weighted by Crippen LogP contribution is -2.24. The molecule has 0 aliphatic carbocycles. The zero-order chi connectivity index (χ0) is 16.6. The summed E-state index contributed by atoms with van der Waals surface area (Å²) in [5, 5.41) is 16.4. The number of phenolic OH excluding ortho intramolecular Hbond substituents is 1. The van der Waals surface area contributed by atoms with Crippen molar-refractivity contribution in [1.29, 1.82) is 0 Å². The first kappa shape index (κ1) is 15.8. The third kappa shape index (κ3) is 3.05. The molecule has 0 saturated carbocycles. The fraction of sp³-hybridized carbons (Fsp3) is 0.176. The van der Waals surface area contributed by atoms with Crippen LogP contribution in [0.3, 0.4) is 0 Å². The monoisotopic (exact) mass is 348 g/mol. The van der Waals surface area contributed by atoms with Gasteiger partial charge in [0.05, 0.1) is 21.8 Å². The molecular weight excluding hydrogens is 335 g/mol. The van der Waals surface area contributed by atoms with Gasteiger partial charge in [0.25, 0.3) is 0 Å². The molecule has 0 bridgehead atoms. The van der Waals surface area contributed by atoms with Crippen molar-refractivity contribution in [2.45, 2.75) is 19.4 Å². The number of halogens is 2. The SMILES string of the molecule is CC(=O)N1N=C(c2cccc(Cl)c2Cl)CC1c1cccc(O)c1. The van der Waals surface area contributed by atoms with Gasteiger partial charge >= 0.3 is 0 Å². The Balaban J connectivity index is 2.01. The topological polar surface area (TPSA) is 52.9 Å². The van der Waals surface area contributed by atoms with Crippen molar-refractivity contribution >= 4 is 34.8 Å². The van der Waals surface area contributed by atoms with Gasteiger partial charge in [0.2, 0.25) is 5.91 Å². The zero-order valence-corrected chi connectivity index (χ0v) is 13.8. The summed E-state index contributed by atoms with van der Waals surface area (Å²) in [5.41, 5.74) is 2.23. The largest absolute Gasteiger partial charge is 0.508 e. The number of carbonyl (C=O) groups excluding carboxylic acids is 1. The molecule has 1 amide bonds. The van der Waals surface area contributed by atoms with Crippen LogP contribution in [0.1, 0.15) is 30.5 Å². The maximum absolute atomic E-state index is 11.9. The van der Waals surface area contributed by atoms with Crippen molar-refractivity contribution in [3.63, 3.8) is 0 Å². The Bertz CT molecular complexity index is 805. The number of hydrogen-bond acceptors (Lipinski definition) is 3. The lowest BCUT2D eigenvalue weighted by molar-refractivity contribution is -0.130. The predicted octanol–water partition coefficient (Wildman–Crippen LogP) is 4.40. The van der Waals surface area contributed by atoms with Crippen LogP contribution in [0.4, 0.5) is 0 Å². The van der Waals surface area contributed by atoms with E-state index in [1.165, 1.54) is 11.9 Å². The number of amides is 1. The molecular formula is C17H14Cl2N2O2. The second-order valence-electron chi connectivity index (χ2n) is 5.33. The Morgan fingerprint density at radius 1 is 1.26 bits per heavy atom. The van der Waals surface area contributed by atoms with E-state index in [0.717, 1.165) is 5.56 Å². The molecule has 0 fully saturated rings. The number of benzene rings is 2. The lowest BCUT2D eigenvalue weighted by Gasteiger charge is -2.20. The number of hydrogen-bond donors (Lipinski definition) is 1. The highest BCUT2D eigenvalue weighted by atomic mass is 35.5. The molecule has 1 heterocycles. The van der Waals surface area contributed by atoms with Crippen molar-refractivity contribution < 1.29 is 9.90 Å². The number of aromatic hydroxyl groups is 1. The van der Waals surface area contributed by atoms with E-state index >= 15 is 0 Å². The highest BCUT2D eigenvalue weighted by molar-refractivity contribution is 6.44. The normalized spacial score (nSPS) is 17.3. The summed E-state index contributed by atoms with van der Waals surface area (Å²) in [7, 11) is 0. The van der Waals surface area contributed by atoms with E-state index in [1.54, 1.807) is 30.3 Å². The minimum Gasteiger partial charge on any atom is -0.508 e. The van der Waals surface area contributed by atoms with Crippen LogP contribution in [0.15, 0.2) is 47.6 Å². The van der Waals surface area contributed by atoms with E-state index in [-0.39, 0.29) is 17.7 Å². The first-order valence-corrected chi connectivity index (χ1v) is 7.83. The van der Waals surface area contributed by atoms with Crippen LogP contribution in [0.5, 0.6) is 5.75 Å². The highest BCUT2D eigenvalue weighted by Gasteiger charge is 2.32. The molecule has 1 aliphatic heterocycles. The van der Waals surface area contributed by atoms with Gasteiger partial charge < -0.3 is 5.11 Å². The summed E-state index contributed by atoms with van der Waals surface area (Å²) in [6, 6.07) is 11.9. The Morgan fingerprint density at radius 2 is 2.00 bits per heavy atom. The molecule has 23 heavy (non-hydrogen) atoms. The fourth-order valence-corrected chi connectivity index (χ4v) is 3.09. The standard InChI is InChI=1S/C17H14Cl2N2O2/c1-10(22)21-16(11-4-2-5-12(23)8-11)9-15(20-21)13-6-3-7-14(18)17(13)19/h2-8,16,23H,9H2,1H3. The van der Waals surface area contributed by atoms with E-state index < -0.39 is 0 Å². The molecule has 0 saturated heterocycles. The molecule has 4 nitrogen and oxygen atoms in total. The quantitative estimate of drug-likeness (QED) is 0.874. The van der Waals surface area contributed by atoms with E-state index in [1.807, 2.05) is 12.1 Å². The summed E-state index contributed by atoms with van der Waals surface area (Å²) in [6.07, 6.45) is 0.503.